The van der Waals surface area contributed by atoms with Crippen molar-refractivity contribution in [2.45, 2.75) is 31.3 Å². The second-order valence-corrected chi connectivity index (χ2v) is 6.62. The van der Waals surface area contributed by atoms with Gasteiger partial charge in [0.1, 0.15) is 0 Å². The minimum Gasteiger partial charge on any atom is -0.335 e. The van der Waals surface area contributed by atoms with Gasteiger partial charge in [0.2, 0.25) is 0 Å². The standard InChI is InChI=1S/C9H16N2O3S/c1-11(9(12)10-7-2-3-7)8-4-5-15(13,14)6-8/h7-8H,2-6H2,1H3,(H,10,12)/t8-/m1/s1. The fourth-order valence-electron chi connectivity index (χ4n) is 1.75. The number of sulfone groups is 1. The van der Waals surface area contributed by atoms with Gasteiger partial charge in [-0.25, -0.2) is 13.2 Å². The molecule has 1 N–H and O–H groups in total. The lowest BCUT2D eigenvalue weighted by atomic mass is 10.2. The highest BCUT2D eigenvalue weighted by Gasteiger charge is 2.34. The molecule has 2 rings (SSSR count). The number of nitrogens with one attached hydrogen (secondary N) is 1. The number of nitrogens with zero attached hydrogens (tertiary/aromatic N) is 1. The van der Waals surface area contributed by atoms with Gasteiger partial charge in [0.25, 0.3) is 0 Å². The van der Waals surface area contributed by atoms with Crippen molar-refractivity contribution in [3.8, 4) is 0 Å². The normalized spacial score (nSPS) is 28.7. The zero-order valence-electron chi connectivity index (χ0n) is 8.77. The van der Waals surface area contributed by atoms with Gasteiger partial charge in [-0.05, 0) is 19.3 Å². The molecule has 1 aliphatic carbocycles. The first-order chi connectivity index (χ1) is 6.98. The summed E-state index contributed by atoms with van der Waals surface area (Å²) in [5.41, 5.74) is 0. The Hall–Kier alpha value is -0.780. The minimum absolute atomic E-state index is 0.113. The topological polar surface area (TPSA) is 66.5 Å². The van der Waals surface area contributed by atoms with E-state index in [-0.39, 0.29) is 23.6 Å². The Morgan fingerprint density at radius 1 is 1.33 bits per heavy atom. The molecular weight excluding hydrogens is 216 g/mol. The zero-order valence-corrected chi connectivity index (χ0v) is 9.59. The van der Waals surface area contributed by atoms with Gasteiger partial charge in [0, 0.05) is 19.1 Å². The Labute approximate surface area is 89.7 Å². The molecule has 1 aliphatic heterocycles. The van der Waals surface area contributed by atoms with Crippen molar-refractivity contribution in [2.75, 3.05) is 18.6 Å². The van der Waals surface area contributed by atoms with Crippen LogP contribution in [0, 0.1) is 0 Å². The van der Waals surface area contributed by atoms with Crippen molar-refractivity contribution in [3.63, 3.8) is 0 Å². The van der Waals surface area contributed by atoms with E-state index in [1.54, 1.807) is 7.05 Å². The fourth-order valence-corrected chi connectivity index (χ4v) is 3.53. The van der Waals surface area contributed by atoms with Gasteiger partial charge in [-0.3, -0.25) is 0 Å². The molecular formula is C9H16N2O3S. The Bertz CT molecular complexity index is 362. The van der Waals surface area contributed by atoms with E-state index >= 15 is 0 Å². The van der Waals surface area contributed by atoms with Crippen molar-refractivity contribution in [2.24, 2.45) is 0 Å². The molecule has 0 spiro atoms. The summed E-state index contributed by atoms with van der Waals surface area (Å²) in [6.07, 6.45) is 2.65. The van der Waals surface area contributed by atoms with Gasteiger partial charge in [-0.1, -0.05) is 0 Å². The molecule has 0 aromatic rings. The van der Waals surface area contributed by atoms with Gasteiger partial charge < -0.3 is 10.2 Å². The summed E-state index contributed by atoms with van der Waals surface area (Å²) in [4.78, 5) is 13.1. The summed E-state index contributed by atoms with van der Waals surface area (Å²) in [6, 6.07) is 0.0336. The first kappa shape index (κ1) is 10.7. The molecule has 5 nitrogen and oxygen atoms in total. The molecule has 2 fully saturated rings. The van der Waals surface area contributed by atoms with E-state index < -0.39 is 9.84 Å². The summed E-state index contributed by atoms with van der Waals surface area (Å²) in [7, 11) is -1.24. The van der Waals surface area contributed by atoms with Gasteiger partial charge in [0.15, 0.2) is 9.84 Å². The molecule has 2 aliphatic rings. The van der Waals surface area contributed by atoms with Crippen molar-refractivity contribution >= 4 is 15.9 Å². The van der Waals surface area contributed by atoms with Crippen LogP contribution in [0.25, 0.3) is 0 Å². The molecule has 0 aromatic heterocycles. The average molecular weight is 232 g/mol. The average Bonchev–Trinajstić information content (AvgIpc) is 2.88. The molecule has 1 heterocycles. The van der Waals surface area contributed by atoms with Crippen molar-refractivity contribution < 1.29 is 13.2 Å². The number of carbonyl (C=O) groups is 1. The first-order valence-electron chi connectivity index (χ1n) is 5.22. The molecule has 0 radical (unpaired) electrons. The number of rotatable bonds is 2. The lowest BCUT2D eigenvalue weighted by molar-refractivity contribution is 0.194. The molecule has 1 saturated heterocycles. The lowest BCUT2D eigenvalue weighted by Crippen LogP contribution is -2.44. The molecule has 15 heavy (non-hydrogen) atoms. The molecule has 0 aromatic carbocycles. The van der Waals surface area contributed by atoms with Crippen molar-refractivity contribution in [1.82, 2.24) is 10.2 Å². The quantitative estimate of drug-likeness (QED) is 0.727. The monoisotopic (exact) mass is 232 g/mol. The third-order valence-electron chi connectivity index (χ3n) is 2.98. The van der Waals surface area contributed by atoms with E-state index in [2.05, 4.69) is 5.32 Å². The summed E-state index contributed by atoms with van der Waals surface area (Å²) in [5.74, 6) is 0.320. The van der Waals surface area contributed by atoms with Crippen LogP contribution in [0.3, 0.4) is 0 Å². The van der Waals surface area contributed by atoms with Crippen LogP contribution in [0.15, 0.2) is 0 Å². The highest BCUT2D eigenvalue weighted by molar-refractivity contribution is 7.91. The molecule has 6 heteroatoms. The number of urea groups is 1. The van der Waals surface area contributed by atoms with E-state index in [1.807, 2.05) is 0 Å². The predicted molar refractivity (Wildman–Crippen MR) is 56.4 cm³/mol. The van der Waals surface area contributed by atoms with Crippen molar-refractivity contribution in [3.05, 3.63) is 0 Å². The maximum atomic E-state index is 11.6. The van der Waals surface area contributed by atoms with E-state index in [9.17, 15) is 13.2 Å². The van der Waals surface area contributed by atoms with E-state index in [1.165, 1.54) is 4.90 Å². The Morgan fingerprint density at radius 2 is 2.00 bits per heavy atom. The second-order valence-electron chi connectivity index (χ2n) is 4.39. The number of hydrogen-bond acceptors (Lipinski definition) is 3. The summed E-state index contributed by atoms with van der Waals surface area (Å²) < 4.78 is 22.5. The molecule has 86 valence electrons. The van der Waals surface area contributed by atoms with Gasteiger partial charge in [0.05, 0.1) is 11.5 Å². The molecule has 0 unspecified atom stereocenters. The van der Waals surface area contributed by atoms with Crippen LogP contribution >= 0.6 is 0 Å². The van der Waals surface area contributed by atoms with Crippen LogP contribution in [0.1, 0.15) is 19.3 Å². The molecule has 2 amide bonds. The number of amides is 2. The fraction of sp³-hybridized carbons (Fsp3) is 0.889. The van der Waals surface area contributed by atoms with Crippen LogP contribution < -0.4 is 5.32 Å². The third-order valence-corrected chi connectivity index (χ3v) is 4.73. The third kappa shape index (κ3) is 2.62. The van der Waals surface area contributed by atoms with Gasteiger partial charge >= 0.3 is 6.03 Å². The van der Waals surface area contributed by atoms with Crippen LogP contribution in [0.5, 0.6) is 0 Å². The largest absolute Gasteiger partial charge is 0.335 e. The minimum atomic E-state index is -2.91. The van der Waals surface area contributed by atoms with Crippen molar-refractivity contribution in [1.29, 1.82) is 0 Å². The van der Waals surface area contributed by atoms with Crippen LogP contribution in [-0.4, -0.2) is 50.0 Å². The van der Waals surface area contributed by atoms with Gasteiger partial charge in [-0.2, -0.15) is 0 Å². The maximum absolute atomic E-state index is 11.6. The molecule has 0 bridgehead atoms. The Balaban J connectivity index is 1.90. The second kappa shape index (κ2) is 3.66. The summed E-state index contributed by atoms with van der Waals surface area (Å²) in [5, 5.41) is 2.85. The van der Waals surface area contributed by atoms with E-state index in [0.29, 0.717) is 12.5 Å². The highest BCUT2D eigenvalue weighted by atomic mass is 32.2. The Kier molecular flexibility index (Phi) is 2.62. The zero-order chi connectivity index (χ0) is 11.1. The van der Waals surface area contributed by atoms with Crippen LogP contribution in [-0.2, 0) is 9.84 Å². The molecule has 1 saturated carbocycles. The van der Waals surface area contributed by atoms with Crippen LogP contribution in [0.2, 0.25) is 0 Å². The van der Waals surface area contributed by atoms with Gasteiger partial charge in [-0.15, -0.1) is 0 Å². The number of carbonyl (C=O) groups excluding carboxylic acids is 1. The summed E-state index contributed by atoms with van der Waals surface area (Å²) in [6.45, 7) is 0. The number of hydrogen-bond donors (Lipinski definition) is 1. The van der Waals surface area contributed by atoms with Crippen LogP contribution in [0.4, 0.5) is 4.79 Å². The first-order valence-corrected chi connectivity index (χ1v) is 7.04. The predicted octanol–water partition coefficient (Wildman–Crippen LogP) is -0.0227. The maximum Gasteiger partial charge on any atom is 0.317 e. The highest BCUT2D eigenvalue weighted by Crippen LogP contribution is 2.20. The smallest absolute Gasteiger partial charge is 0.317 e. The van der Waals surface area contributed by atoms with E-state index in [4.69, 9.17) is 0 Å². The molecule has 1 atom stereocenters. The summed E-state index contributed by atoms with van der Waals surface area (Å²) >= 11 is 0. The Morgan fingerprint density at radius 3 is 2.47 bits per heavy atom. The SMILES string of the molecule is CN(C(=O)NC1CC1)[C@@H]1CCS(=O)(=O)C1. The lowest BCUT2D eigenvalue weighted by Gasteiger charge is -2.23. The van der Waals surface area contributed by atoms with E-state index in [0.717, 1.165) is 12.8 Å².